The summed E-state index contributed by atoms with van der Waals surface area (Å²) in [4.78, 5) is 0. The van der Waals surface area contributed by atoms with Gasteiger partial charge in [0.2, 0.25) is 0 Å². The predicted octanol–water partition coefficient (Wildman–Crippen LogP) is 4.38. The maximum absolute atomic E-state index is 1.53. The van der Waals surface area contributed by atoms with Gasteiger partial charge < -0.3 is 0 Å². The van der Waals surface area contributed by atoms with Gasteiger partial charge in [-0.25, -0.2) is 0 Å². The summed E-state index contributed by atoms with van der Waals surface area (Å²) in [5.41, 5.74) is 0. The second-order valence-corrected chi connectivity index (χ2v) is 8.87. The van der Waals surface area contributed by atoms with Crippen LogP contribution in [0.5, 0.6) is 0 Å². The third kappa shape index (κ3) is 10.2. The van der Waals surface area contributed by atoms with Crippen molar-refractivity contribution in [1.29, 1.82) is 0 Å². The molecule has 0 spiro atoms. The molecule has 0 nitrogen and oxygen atoms in total. The highest BCUT2D eigenvalue weighted by atomic mass is 31.1. The lowest BCUT2D eigenvalue weighted by Gasteiger charge is -1.69. The smallest absolute Gasteiger partial charge is 0.0353 e. The first-order valence-corrected chi connectivity index (χ1v) is 10.9. The summed E-state index contributed by atoms with van der Waals surface area (Å²) in [6.07, 6.45) is 18.2. The quantitative estimate of drug-likeness (QED) is 0.570. The SMILES string of the molecule is C1CCPC1.C1CCPC1.C1CCPC1. The molecule has 3 aliphatic rings. The van der Waals surface area contributed by atoms with Crippen molar-refractivity contribution in [2.24, 2.45) is 0 Å². The van der Waals surface area contributed by atoms with Crippen LogP contribution >= 0.6 is 25.7 Å². The molecular formula is C12H27P3. The van der Waals surface area contributed by atoms with Gasteiger partial charge in [0.15, 0.2) is 0 Å². The van der Waals surface area contributed by atoms with Gasteiger partial charge in [0.05, 0.1) is 0 Å². The maximum atomic E-state index is 1.53. The molecule has 0 N–H and O–H groups in total. The molecule has 15 heavy (non-hydrogen) atoms. The first-order valence-electron chi connectivity index (χ1n) is 6.62. The fraction of sp³-hybridized carbons (Fsp3) is 1.00. The molecule has 0 aliphatic carbocycles. The van der Waals surface area contributed by atoms with Crippen LogP contribution in [-0.2, 0) is 0 Å². The molecule has 3 heteroatoms. The first kappa shape index (κ1) is 14.4. The minimum absolute atomic E-state index is 1.31. The molecular weight excluding hydrogens is 237 g/mol. The van der Waals surface area contributed by atoms with Crippen molar-refractivity contribution < 1.29 is 0 Å². The Morgan fingerprint density at radius 2 is 0.533 bits per heavy atom. The van der Waals surface area contributed by atoms with Crippen LogP contribution in [0, 0.1) is 0 Å². The van der Waals surface area contributed by atoms with Gasteiger partial charge in [-0.15, -0.1) is 25.7 Å². The van der Waals surface area contributed by atoms with Crippen LogP contribution in [0.2, 0.25) is 0 Å². The minimum Gasteiger partial charge on any atom is -0.122 e. The van der Waals surface area contributed by atoms with Gasteiger partial charge in [0, 0.05) is 0 Å². The average molecular weight is 264 g/mol. The summed E-state index contributed by atoms with van der Waals surface area (Å²) in [5.74, 6) is 0. The van der Waals surface area contributed by atoms with Crippen LogP contribution in [0.4, 0.5) is 0 Å². The van der Waals surface area contributed by atoms with Gasteiger partial charge in [-0.05, 0) is 75.5 Å². The van der Waals surface area contributed by atoms with Gasteiger partial charge in [-0.3, -0.25) is 0 Å². The molecule has 0 aromatic rings. The Hall–Kier alpha value is 1.29. The van der Waals surface area contributed by atoms with E-state index in [1.54, 1.807) is 0 Å². The Balaban J connectivity index is 0.000000112. The summed E-state index contributed by atoms with van der Waals surface area (Å²) >= 11 is 0. The Kier molecular flexibility index (Phi) is 11.3. The molecule has 3 rings (SSSR count). The molecule has 0 aromatic carbocycles. The van der Waals surface area contributed by atoms with E-state index in [4.69, 9.17) is 0 Å². The zero-order valence-electron chi connectivity index (χ0n) is 9.99. The summed E-state index contributed by atoms with van der Waals surface area (Å²) in [5, 5.41) is 0. The molecule has 0 amide bonds. The highest BCUT2D eigenvalue weighted by molar-refractivity contribution is 7.38. The monoisotopic (exact) mass is 264 g/mol. The van der Waals surface area contributed by atoms with Gasteiger partial charge in [-0.1, -0.05) is 0 Å². The lowest BCUT2D eigenvalue weighted by Crippen LogP contribution is -1.58. The summed E-state index contributed by atoms with van der Waals surface area (Å²) in [6, 6.07) is 0. The van der Waals surface area contributed by atoms with E-state index in [-0.39, 0.29) is 0 Å². The van der Waals surface area contributed by atoms with Crippen molar-refractivity contribution in [3.05, 3.63) is 0 Å². The van der Waals surface area contributed by atoms with E-state index in [0.29, 0.717) is 0 Å². The summed E-state index contributed by atoms with van der Waals surface area (Å²) in [7, 11) is 3.93. The van der Waals surface area contributed by atoms with E-state index in [1.165, 1.54) is 101 Å². The molecule has 0 atom stereocenters. The normalized spacial score (nSPS) is 24.0. The van der Waals surface area contributed by atoms with Crippen LogP contribution < -0.4 is 0 Å². The highest BCUT2D eigenvalue weighted by Gasteiger charge is 1.95. The molecule has 3 aliphatic heterocycles. The fourth-order valence-electron chi connectivity index (χ4n) is 1.87. The van der Waals surface area contributed by atoms with E-state index >= 15 is 0 Å². The second-order valence-electron chi connectivity index (χ2n) is 4.37. The van der Waals surface area contributed by atoms with Gasteiger partial charge in [0.1, 0.15) is 0 Å². The molecule has 0 unspecified atom stereocenters. The molecule has 0 bridgehead atoms. The van der Waals surface area contributed by atoms with Gasteiger partial charge >= 0.3 is 0 Å². The van der Waals surface area contributed by atoms with Crippen molar-refractivity contribution in [3.8, 4) is 0 Å². The lowest BCUT2D eigenvalue weighted by atomic mass is 10.4. The average Bonchev–Trinajstić information content (AvgIpc) is 3.09. The second kappa shape index (κ2) is 11.8. The molecule has 3 fully saturated rings. The maximum Gasteiger partial charge on any atom is -0.0353 e. The number of rotatable bonds is 0. The Morgan fingerprint density at radius 3 is 0.600 bits per heavy atom. The summed E-state index contributed by atoms with van der Waals surface area (Å²) in [6.45, 7) is 0. The van der Waals surface area contributed by atoms with Crippen LogP contribution in [0.1, 0.15) is 38.5 Å². The molecule has 90 valence electrons. The first-order chi connectivity index (χ1) is 7.50. The van der Waals surface area contributed by atoms with E-state index in [1.807, 2.05) is 0 Å². The van der Waals surface area contributed by atoms with Crippen molar-refractivity contribution >= 4 is 25.7 Å². The number of hydrogen-bond donors (Lipinski definition) is 0. The molecule has 0 aromatic heterocycles. The molecule has 3 heterocycles. The Bertz CT molecular complexity index is 69.4. The van der Waals surface area contributed by atoms with Gasteiger partial charge in [0.25, 0.3) is 0 Å². The van der Waals surface area contributed by atoms with E-state index in [2.05, 4.69) is 0 Å². The third-order valence-corrected chi connectivity index (χ3v) is 7.11. The Morgan fingerprint density at radius 1 is 0.333 bits per heavy atom. The van der Waals surface area contributed by atoms with Crippen molar-refractivity contribution in [3.63, 3.8) is 0 Å². The largest absolute Gasteiger partial charge is 0.122 e. The molecule has 3 saturated heterocycles. The zero-order valence-corrected chi connectivity index (χ0v) is 13.0. The topological polar surface area (TPSA) is 0 Å². The summed E-state index contributed by atoms with van der Waals surface area (Å²) < 4.78 is 0. The highest BCUT2D eigenvalue weighted by Crippen LogP contribution is 2.22. The van der Waals surface area contributed by atoms with Crippen LogP contribution in [0.15, 0.2) is 0 Å². The van der Waals surface area contributed by atoms with Crippen LogP contribution in [-0.4, -0.2) is 37.0 Å². The van der Waals surface area contributed by atoms with Gasteiger partial charge in [-0.2, -0.15) is 0 Å². The predicted molar refractivity (Wildman–Crippen MR) is 81.8 cm³/mol. The zero-order chi connectivity index (χ0) is 10.6. The minimum atomic E-state index is 1.31. The van der Waals surface area contributed by atoms with Crippen molar-refractivity contribution in [2.75, 3.05) is 37.0 Å². The van der Waals surface area contributed by atoms with Crippen molar-refractivity contribution in [1.82, 2.24) is 0 Å². The standard InChI is InChI=1S/3C4H9P/c3*1-2-4-5-3-1/h3*5H,1-4H2. The molecule has 0 saturated carbocycles. The van der Waals surface area contributed by atoms with E-state index in [0.717, 1.165) is 0 Å². The van der Waals surface area contributed by atoms with Crippen molar-refractivity contribution in [2.45, 2.75) is 38.5 Å². The third-order valence-electron chi connectivity index (χ3n) is 2.87. The van der Waals surface area contributed by atoms with E-state index in [9.17, 15) is 0 Å². The molecule has 0 radical (unpaired) electrons. The fourth-order valence-corrected chi connectivity index (χ4v) is 5.62. The van der Waals surface area contributed by atoms with Crippen LogP contribution in [0.3, 0.4) is 0 Å². The number of hydrogen-bond acceptors (Lipinski definition) is 0. The van der Waals surface area contributed by atoms with Crippen LogP contribution in [0.25, 0.3) is 0 Å². The van der Waals surface area contributed by atoms with E-state index < -0.39 is 0 Å². The lowest BCUT2D eigenvalue weighted by molar-refractivity contribution is 0.949. The Labute approximate surface area is 101 Å².